The van der Waals surface area contributed by atoms with Crippen LogP contribution in [0.15, 0.2) is 48.8 Å². The molecule has 21 heavy (non-hydrogen) atoms. The molecule has 1 atom stereocenters. The van der Waals surface area contributed by atoms with E-state index in [1.54, 1.807) is 0 Å². The van der Waals surface area contributed by atoms with Gasteiger partial charge in [-0.05, 0) is 55.5 Å². The van der Waals surface area contributed by atoms with Gasteiger partial charge in [-0.2, -0.15) is 0 Å². The van der Waals surface area contributed by atoms with Crippen LogP contribution in [0.4, 0.5) is 0 Å². The van der Waals surface area contributed by atoms with Crippen molar-refractivity contribution < 1.29 is 0 Å². The van der Waals surface area contributed by atoms with Crippen molar-refractivity contribution in [3.05, 3.63) is 64.9 Å². The Balaban J connectivity index is 1.96. The third kappa shape index (κ3) is 5.49. The first-order valence-corrected chi connectivity index (χ1v) is 8.03. The maximum Gasteiger partial charge on any atom is 0.0438 e. The summed E-state index contributed by atoms with van der Waals surface area (Å²) in [6.07, 6.45) is 8.02. The number of nitrogens with one attached hydrogen (secondary N) is 1. The Kier molecular flexibility index (Phi) is 6.71. The summed E-state index contributed by atoms with van der Waals surface area (Å²) in [5, 5.41) is 4.50. The molecule has 0 aliphatic carbocycles. The van der Waals surface area contributed by atoms with Gasteiger partial charge in [0.05, 0.1) is 0 Å². The van der Waals surface area contributed by atoms with Gasteiger partial charge in [-0.3, -0.25) is 4.98 Å². The number of aryl methyl sites for hydroxylation is 1. The second-order valence-corrected chi connectivity index (χ2v) is 5.75. The van der Waals surface area contributed by atoms with E-state index < -0.39 is 0 Å². The highest BCUT2D eigenvalue weighted by Crippen LogP contribution is 2.18. The molecule has 1 aromatic heterocycles. The number of nitrogens with zero attached hydrogens (tertiary/aromatic N) is 1. The zero-order valence-corrected chi connectivity index (χ0v) is 13.3. The van der Waals surface area contributed by atoms with Gasteiger partial charge in [-0.1, -0.05) is 42.8 Å². The Hall–Kier alpha value is -1.38. The molecule has 2 nitrogen and oxygen atoms in total. The van der Waals surface area contributed by atoms with Crippen LogP contribution in [0.25, 0.3) is 0 Å². The maximum atomic E-state index is 6.28. The minimum atomic E-state index is 0.449. The standard InChI is InChI=1S/C18H23ClN2/c1-2-11-21-17(10-9-15-6-5-12-20-14-15)13-16-7-3-4-8-18(16)19/h3-8,12,14,17,21H,2,9-11,13H2,1H3. The number of aromatic nitrogens is 1. The van der Waals surface area contributed by atoms with Crippen molar-refractivity contribution in [1.82, 2.24) is 10.3 Å². The Labute approximate surface area is 132 Å². The quantitative estimate of drug-likeness (QED) is 0.787. The summed E-state index contributed by atoms with van der Waals surface area (Å²) < 4.78 is 0. The lowest BCUT2D eigenvalue weighted by atomic mass is 9.99. The second-order valence-electron chi connectivity index (χ2n) is 5.35. The summed E-state index contributed by atoms with van der Waals surface area (Å²) in [6, 6.07) is 12.7. The van der Waals surface area contributed by atoms with Crippen LogP contribution >= 0.6 is 11.6 Å². The summed E-state index contributed by atoms with van der Waals surface area (Å²) in [7, 11) is 0. The summed E-state index contributed by atoms with van der Waals surface area (Å²) >= 11 is 6.28. The van der Waals surface area contributed by atoms with E-state index in [1.165, 1.54) is 11.1 Å². The molecule has 0 aliphatic heterocycles. The Morgan fingerprint density at radius 1 is 1.19 bits per heavy atom. The van der Waals surface area contributed by atoms with Crippen molar-refractivity contribution in [2.45, 2.75) is 38.6 Å². The first-order valence-electron chi connectivity index (χ1n) is 7.65. The average molecular weight is 303 g/mol. The third-order valence-corrected chi connectivity index (χ3v) is 3.98. The highest BCUT2D eigenvalue weighted by molar-refractivity contribution is 6.31. The lowest BCUT2D eigenvalue weighted by Crippen LogP contribution is -2.32. The molecular weight excluding hydrogens is 280 g/mol. The molecule has 0 aliphatic rings. The molecule has 2 rings (SSSR count). The van der Waals surface area contributed by atoms with E-state index >= 15 is 0 Å². The zero-order valence-electron chi connectivity index (χ0n) is 12.6. The van der Waals surface area contributed by atoms with Crippen molar-refractivity contribution in [3.8, 4) is 0 Å². The lowest BCUT2D eigenvalue weighted by molar-refractivity contribution is 0.477. The molecule has 112 valence electrons. The number of pyridine rings is 1. The summed E-state index contributed by atoms with van der Waals surface area (Å²) in [5.41, 5.74) is 2.51. The van der Waals surface area contributed by atoms with Gasteiger partial charge in [-0.25, -0.2) is 0 Å². The third-order valence-electron chi connectivity index (χ3n) is 3.61. The van der Waals surface area contributed by atoms with Crippen molar-refractivity contribution >= 4 is 11.6 Å². The van der Waals surface area contributed by atoms with E-state index in [9.17, 15) is 0 Å². The van der Waals surface area contributed by atoms with Gasteiger partial charge < -0.3 is 5.32 Å². The predicted octanol–water partition coefficient (Wildman–Crippen LogP) is 4.28. The molecule has 1 heterocycles. The molecule has 1 unspecified atom stereocenters. The monoisotopic (exact) mass is 302 g/mol. The molecule has 1 aromatic carbocycles. The van der Waals surface area contributed by atoms with Gasteiger partial charge in [0.2, 0.25) is 0 Å². The fourth-order valence-corrected chi connectivity index (χ4v) is 2.65. The van der Waals surface area contributed by atoms with Crippen LogP contribution in [-0.4, -0.2) is 17.6 Å². The fraction of sp³-hybridized carbons (Fsp3) is 0.389. The largest absolute Gasteiger partial charge is 0.314 e. The highest BCUT2D eigenvalue weighted by Gasteiger charge is 2.11. The first kappa shape index (κ1) is 16.0. The molecule has 0 fully saturated rings. The molecule has 0 radical (unpaired) electrons. The van der Waals surface area contributed by atoms with Gasteiger partial charge >= 0.3 is 0 Å². The topological polar surface area (TPSA) is 24.9 Å². The predicted molar refractivity (Wildman–Crippen MR) is 89.8 cm³/mol. The van der Waals surface area contributed by atoms with Crippen molar-refractivity contribution in [2.75, 3.05) is 6.54 Å². The van der Waals surface area contributed by atoms with Crippen LogP contribution in [0, 0.1) is 0 Å². The van der Waals surface area contributed by atoms with E-state index in [2.05, 4.69) is 35.4 Å². The molecule has 3 heteroatoms. The zero-order chi connectivity index (χ0) is 14.9. The summed E-state index contributed by atoms with van der Waals surface area (Å²) in [6.45, 7) is 3.24. The molecule has 0 spiro atoms. The Bertz CT molecular complexity index is 528. The number of benzene rings is 1. The Morgan fingerprint density at radius 3 is 2.76 bits per heavy atom. The van der Waals surface area contributed by atoms with E-state index in [4.69, 9.17) is 11.6 Å². The number of halogens is 1. The van der Waals surface area contributed by atoms with Gasteiger partial charge in [0.1, 0.15) is 0 Å². The van der Waals surface area contributed by atoms with Crippen molar-refractivity contribution in [3.63, 3.8) is 0 Å². The Morgan fingerprint density at radius 2 is 2.05 bits per heavy atom. The van der Waals surface area contributed by atoms with Crippen LogP contribution in [0.3, 0.4) is 0 Å². The van der Waals surface area contributed by atoms with E-state index in [1.807, 2.05) is 30.6 Å². The van der Waals surface area contributed by atoms with Crippen LogP contribution in [0.5, 0.6) is 0 Å². The van der Waals surface area contributed by atoms with Crippen molar-refractivity contribution in [1.29, 1.82) is 0 Å². The SMILES string of the molecule is CCCNC(CCc1cccnc1)Cc1ccccc1Cl. The van der Waals surface area contributed by atoms with Gasteiger partial charge in [-0.15, -0.1) is 0 Å². The van der Waals surface area contributed by atoms with Crippen LogP contribution < -0.4 is 5.32 Å². The normalized spacial score (nSPS) is 12.3. The molecule has 0 saturated carbocycles. The minimum Gasteiger partial charge on any atom is -0.314 e. The molecular formula is C18H23ClN2. The molecule has 2 aromatic rings. The summed E-state index contributed by atoms with van der Waals surface area (Å²) in [5.74, 6) is 0. The number of hydrogen-bond donors (Lipinski definition) is 1. The smallest absolute Gasteiger partial charge is 0.0438 e. The molecule has 0 saturated heterocycles. The molecule has 0 bridgehead atoms. The highest BCUT2D eigenvalue weighted by atomic mass is 35.5. The van der Waals surface area contributed by atoms with E-state index in [0.29, 0.717) is 6.04 Å². The van der Waals surface area contributed by atoms with Gasteiger partial charge in [0.15, 0.2) is 0 Å². The van der Waals surface area contributed by atoms with E-state index in [-0.39, 0.29) is 0 Å². The minimum absolute atomic E-state index is 0.449. The number of rotatable bonds is 8. The molecule has 1 N–H and O–H groups in total. The maximum absolute atomic E-state index is 6.28. The van der Waals surface area contributed by atoms with E-state index in [0.717, 1.165) is 37.3 Å². The lowest BCUT2D eigenvalue weighted by Gasteiger charge is -2.19. The average Bonchev–Trinajstić information content (AvgIpc) is 2.53. The fourth-order valence-electron chi connectivity index (χ4n) is 2.44. The number of hydrogen-bond acceptors (Lipinski definition) is 2. The van der Waals surface area contributed by atoms with Crippen LogP contribution in [0.2, 0.25) is 5.02 Å². The molecule has 0 amide bonds. The van der Waals surface area contributed by atoms with Crippen LogP contribution in [0.1, 0.15) is 30.9 Å². The van der Waals surface area contributed by atoms with Crippen molar-refractivity contribution in [2.24, 2.45) is 0 Å². The first-order chi connectivity index (χ1) is 10.3. The van der Waals surface area contributed by atoms with Gasteiger partial charge in [0.25, 0.3) is 0 Å². The summed E-state index contributed by atoms with van der Waals surface area (Å²) in [4.78, 5) is 4.18. The van der Waals surface area contributed by atoms with Gasteiger partial charge in [0, 0.05) is 23.5 Å². The second kappa shape index (κ2) is 8.81. The van der Waals surface area contributed by atoms with Crippen LogP contribution in [-0.2, 0) is 12.8 Å².